The van der Waals surface area contributed by atoms with Crippen molar-refractivity contribution in [2.24, 2.45) is 0 Å². The molecule has 2 amide bonds. The van der Waals surface area contributed by atoms with E-state index in [9.17, 15) is 4.79 Å². The maximum absolute atomic E-state index is 12.2. The third kappa shape index (κ3) is 4.56. The van der Waals surface area contributed by atoms with Gasteiger partial charge < -0.3 is 15.5 Å². The summed E-state index contributed by atoms with van der Waals surface area (Å²) in [5.74, 6) is 0.937. The second-order valence-corrected chi connectivity index (χ2v) is 6.91. The van der Waals surface area contributed by atoms with E-state index < -0.39 is 0 Å². The first-order valence-corrected chi connectivity index (χ1v) is 9.27. The topological polar surface area (TPSA) is 57.3 Å². The van der Waals surface area contributed by atoms with Crippen molar-refractivity contribution in [3.63, 3.8) is 0 Å². The van der Waals surface area contributed by atoms with E-state index in [2.05, 4.69) is 36.3 Å². The monoisotopic (exact) mass is 362 g/mol. The molecule has 0 saturated carbocycles. The summed E-state index contributed by atoms with van der Waals surface area (Å²) in [6.07, 6.45) is 0.978. The summed E-state index contributed by atoms with van der Waals surface area (Å²) in [6.45, 7) is 6.37. The zero-order valence-corrected chi connectivity index (χ0v) is 16.3. The van der Waals surface area contributed by atoms with E-state index in [1.165, 1.54) is 5.56 Å². The molecule has 0 radical (unpaired) electrons. The van der Waals surface area contributed by atoms with Gasteiger partial charge in [0, 0.05) is 29.9 Å². The molecule has 27 heavy (non-hydrogen) atoms. The van der Waals surface area contributed by atoms with Gasteiger partial charge in [0.15, 0.2) is 0 Å². The van der Waals surface area contributed by atoms with Crippen LogP contribution in [0.4, 0.5) is 22.0 Å². The fourth-order valence-corrected chi connectivity index (χ4v) is 2.77. The molecule has 0 aliphatic rings. The van der Waals surface area contributed by atoms with E-state index in [0.29, 0.717) is 6.04 Å². The number of pyridine rings is 1. The van der Waals surface area contributed by atoms with Crippen molar-refractivity contribution < 1.29 is 4.79 Å². The molecule has 5 heteroatoms. The lowest BCUT2D eigenvalue weighted by Gasteiger charge is -2.22. The Morgan fingerprint density at radius 2 is 1.67 bits per heavy atom. The maximum atomic E-state index is 12.2. The number of amides is 2. The van der Waals surface area contributed by atoms with E-state index in [-0.39, 0.29) is 6.03 Å². The first-order valence-electron chi connectivity index (χ1n) is 9.27. The van der Waals surface area contributed by atoms with Crippen molar-refractivity contribution in [1.29, 1.82) is 0 Å². The Morgan fingerprint density at radius 1 is 1.00 bits per heavy atom. The number of nitrogens with zero attached hydrogens (tertiary/aromatic N) is 2. The van der Waals surface area contributed by atoms with E-state index in [4.69, 9.17) is 4.98 Å². The fraction of sp³-hybridized carbons (Fsp3) is 0.273. The lowest BCUT2D eigenvalue weighted by molar-refractivity contribution is 0.262. The average molecular weight is 362 g/mol. The SMILES string of the molecule is CCc1ccc(NC(=O)Nc2ccc3nc(N(C)C(C)C)ccc3c2)cc1. The smallest absolute Gasteiger partial charge is 0.323 e. The number of rotatable bonds is 5. The molecular weight excluding hydrogens is 336 g/mol. The molecule has 0 fully saturated rings. The number of fused-ring (bicyclic) bond motifs is 1. The standard InChI is InChI=1S/C22H26N4O/c1-5-16-6-9-18(10-7-16)23-22(27)24-19-11-12-20-17(14-19)8-13-21(25-20)26(4)15(2)3/h6-15H,5H2,1-4H3,(H2,23,24,27). The van der Waals surface area contributed by atoms with E-state index in [1.807, 2.05) is 61.6 Å². The molecule has 2 N–H and O–H groups in total. The Kier molecular flexibility index (Phi) is 5.60. The molecule has 0 aliphatic heterocycles. The average Bonchev–Trinajstić information content (AvgIpc) is 2.67. The molecule has 0 aliphatic carbocycles. The first-order chi connectivity index (χ1) is 13.0. The zero-order chi connectivity index (χ0) is 19.4. The Labute approximate surface area is 160 Å². The van der Waals surface area contributed by atoms with Gasteiger partial charge in [0.25, 0.3) is 0 Å². The minimum Gasteiger partial charge on any atom is -0.357 e. The third-order valence-corrected chi connectivity index (χ3v) is 4.69. The molecule has 3 aromatic rings. The normalized spacial score (nSPS) is 10.9. The summed E-state index contributed by atoms with van der Waals surface area (Å²) in [5.41, 5.74) is 3.65. The number of benzene rings is 2. The molecule has 0 atom stereocenters. The summed E-state index contributed by atoms with van der Waals surface area (Å²) in [5, 5.41) is 6.72. The molecule has 0 bridgehead atoms. The van der Waals surface area contributed by atoms with Gasteiger partial charge in [-0.05, 0) is 68.3 Å². The number of nitrogens with one attached hydrogen (secondary N) is 2. The minimum atomic E-state index is -0.261. The highest BCUT2D eigenvalue weighted by Crippen LogP contribution is 2.22. The Morgan fingerprint density at radius 3 is 2.33 bits per heavy atom. The van der Waals surface area contributed by atoms with Crippen molar-refractivity contribution in [3.05, 3.63) is 60.2 Å². The van der Waals surface area contributed by atoms with Crippen LogP contribution in [-0.4, -0.2) is 24.1 Å². The fourth-order valence-electron chi connectivity index (χ4n) is 2.77. The van der Waals surface area contributed by atoms with Crippen LogP contribution in [0.15, 0.2) is 54.6 Å². The Balaban J connectivity index is 1.71. The Bertz CT molecular complexity index is 935. The summed E-state index contributed by atoms with van der Waals surface area (Å²) < 4.78 is 0. The van der Waals surface area contributed by atoms with Crippen LogP contribution in [0.2, 0.25) is 0 Å². The highest BCUT2D eigenvalue weighted by atomic mass is 16.2. The highest BCUT2D eigenvalue weighted by molar-refractivity contribution is 6.01. The van der Waals surface area contributed by atoms with Gasteiger partial charge in [-0.3, -0.25) is 0 Å². The molecule has 0 saturated heterocycles. The summed E-state index contributed by atoms with van der Waals surface area (Å²) in [6, 6.07) is 17.7. The molecule has 2 aromatic carbocycles. The second kappa shape index (κ2) is 8.08. The first kappa shape index (κ1) is 18.7. The number of carbonyl (C=O) groups excluding carboxylic acids is 1. The predicted octanol–water partition coefficient (Wildman–Crippen LogP) is 5.29. The molecule has 5 nitrogen and oxygen atoms in total. The van der Waals surface area contributed by atoms with Crippen LogP contribution in [0.1, 0.15) is 26.3 Å². The molecule has 1 heterocycles. The van der Waals surface area contributed by atoms with Crippen LogP contribution in [0.3, 0.4) is 0 Å². The predicted molar refractivity (Wildman–Crippen MR) is 114 cm³/mol. The number of aromatic nitrogens is 1. The van der Waals surface area contributed by atoms with Crippen LogP contribution in [0, 0.1) is 0 Å². The lowest BCUT2D eigenvalue weighted by Crippen LogP contribution is -2.26. The molecule has 0 spiro atoms. The van der Waals surface area contributed by atoms with Gasteiger partial charge in [-0.2, -0.15) is 0 Å². The molecule has 140 valence electrons. The van der Waals surface area contributed by atoms with Crippen molar-refractivity contribution in [1.82, 2.24) is 4.98 Å². The summed E-state index contributed by atoms with van der Waals surface area (Å²) in [4.78, 5) is 19.1. The van der Waals surface area contributed by atoms with Crippen LogP contribution in [-0.2, 0) is 6.42 Å². The summed E-state index contributed by atoms with van der Waals surface area (Å²) >= 11 is 0. The van der Waals surface area contributed by atoms with Crippen molar-refractivity contribution >= 4 is 34.1 Å². The van der Waals surface area contributed by atoms with Crippen molar-refractivity contribution in [3.8, 4) is 0 Å². The summed E-state index contributed by atoms with van der Waals surface area (Å²) in [7, 11) is 2.03. The van der Waals surface area contributed by atoms with Crippen LogP contribution >= 0.6 is 0 Å². The van der Waals surface area contributed by atoms with Gasteiger partial charge in [-0.1, -0.05) is 19.1 Å². The van der Waals surface area contributed by atoms with Crippen LogP contribution in [0.25, 0.3) is 10.9 Å². The number of aryl methyl sites for hydroxylation is 1. The lowest BCUT2D eigenvalue weighted by atomic mass is 10.1. The van der Waals surface area contributed by atoms with Crippen molar-refractivity contribution in [2.75, 3.05) is 22.6 Å². The van der Waals surface area contributed by atoms with E-state index >= 15 is 0 Å². The van der Waals surface area contributed by atoms with E-state index in [0.717, 1.165) is 34.5 Å². The van der Waals surface area contributed by atoms with Gasteiger partial charge >= 0.3 is 6.03 Å². The number of urea groups is 1. The molecule has 0 unspecified atom stereocenters. The molecular formula is C22H26N4O. The molecule has 1 aromatic heterocycles. The highest BCUT2D eigenvalue weighted by Gasteiger charge is 2.08. The number of carbonyl (C=O) groups is 1. The minimum absolute atomic E-state index is 0.261. The molecule has 3 rings (SSSR count). The van der Waals surface area contributed by atoms with Gasteiger partial charge in [-0.25, -0.2) is 9.78 Å². The quantitative estimate of drug-likeness (QED) is 0.649. The van der Waals surface area contributed by atoms with Gasteiger partial charge in [-0.15, -0.1) is 0 Å². The van der Waals surface area contributed by atoms with Gasteiger partial charge in [0.05, 0.1) is 5.52 Å². The Hall–Kier alpha value is -3.08. The van der Waals surface area contributed by atoms with Crippen LogP contribution in [0.5, 0.6) is 0 Å². The largest absolute Gasteiger partial charge is 0.357 e. The maximum Gasteiger partial charge on any atom is 0.323 e. The number of hydrogen-bond acceptors (Lipinski definition) is 3. The van der Waals surface area contributed by atoms with Gasteiger partial charge in [0.2, 0.25) is 0 Å². The second-order valence-electron chi connectivity index (χ2n) is 6.91. The van der Waals surface area contributed by atoms with Gasteiger partial charge in [0.1, 0.15) is 5.82 Å². The zero-order valence-electron chi connectivity index (χ0n) is 16.3. The van der Waals surface area contributed by atoms with E-state index in [1.54, 1.807) is 0 Å². The third-order valence-electron chi connectivity index (χ3n) is 4.69. The van der Waals surface area contributed by atoms with Crippen LogP contribution < -0.4 is 15.5 Å². The van der Waals surface area contributed by atoms with Crippen molar-refractivity contribution in [2.45, 2.75) is 33.2 Å². The number of anilines is 3. The number of hydrogen-bond donors (Lipinski definition) is 2.